The Hall–Kier alpha value is -4.08. The normalized spacial score (nSPS) is 10.5. The molecule has 0 aliphatic rings. The fraction of sp³-hybridized carbons (Fsp3) is 0.0833. The maximum Gasteiger partial charge on any atom is 0.343 e. The minimum absolute atomic E-state index is 0.190. The summed E-state index contributed by atoms with van der Waals surface area (Å²) in [6, 6.07) is 15.5. The first-order valence-electron chi connectivity index (χ1n) is 9.94. The zero-order valence-corrected chi connectivity index (χ0v) is 20.0. The average molecular weight is 516 g/mol. The monoisotopic (exact) mass is 515 g/mol. The number of amides is 2. The number of benzene rings is 3. The molecule has 0 bridgehead atoms. The number of anilines is 1. The molecule has 0 aliphatic carbocycles. The van der Waals surface area contributed by atoms with Gasteiger partial charge in [0.15, 0.2) is 11.5 Å². The molecule has 0 heterocycles. The number of hydrogen-bond donors (Lipinski definition) is 2. The summed E-state index contributed by atoms with van der Waals surface area (Å²) in [4.78, 5) is 36.4. The summed E-state index contributed by atoms with van der Waals surface area (Å²) < 4.78 is 15.8. The van der Waals surface area contributed by atoms with Gasteiger partial charge in [0.25, 0.3) is 0 Å². The van der Waals surface area contributed by atoms with Crippen molar-refractivity contribution in [3.63, 3.8) is 0 Å². The highest BCUT2D eigenvalue weighted by Crippen LogP contribution is 2.29. The molecule has 0 saturated heterocycles. The van der Waals surface area contributed by atoms with Gasteiger partial charge in [0, 0.05) is 5.69 Å². The van der Waals surface area contributed by atoms with E-state index < -0.39 is 17.8 Å². The minimum atomic E-state index is -0.996. The number of hydrogen-bond acceptors (Lipinski definition) is 7. The van der Waals surface area contributed by atoms with Crippen LogP contribution in [0.5, 0.6) is 17.2 Å². The van der Waals surface area contributed by atoms with Crippen LogP contribution in [0.15, 0.2) is 65.8 Å². The number of nitrogens with zero attached hydrogens (tertiary/aromatic N) is 1. The average Bonchev–Trinajstić information content (AvgIpc) is 2.86. The summed E-state index contributed by atoms with van der Waals surface area (Å²) in [6.45, 7) is 0. The number of ether oxygens (including phenoxy) is 3. The molecule has 0 atom stereocenters. The molecule has 180 valence electrons. The smallest absolute Gasteiger partial charge is 0.343 e. The lowest BCUT2D eigenvalue weighted by Crippen LogP contribution is -2.32. The fourth-order valence-electron chi connectivity index (χ4n) is 2.71. The first-order chi connectivity index (χ1) is 16.8. The first kappa shape index (κ1) is 25.5. The Balaban J connectivity index is 1.60. The lowest BCUT2D eigenvalue weighted by molar-refractivity contribution is -0.136. The van der Waals surface area contributed by atoms with E-state index in [1.807, 2.05) is 0 Å². The molecule has 11 heteroatoms. The lowest BCUT2D eigenvalue weighted by atomic mass is 10.2. The van der Waals surface area contributed by atoms with Crippen LogP contribution in [0.1, 0.15) is 15.9 Å². The summed E-state index contributed by atoms with van der Waals surface area (Å²) >= 11 is 11.7. The van der Waals surface area contributed by atoms with Crippen LogP contribution in [0.25, 0.3) is 0 Å². The second kappa shape index (κ2) is 11.9. The van der Waals surface area contributed by atoms with Gasteiger partial charge in [0.05, 0.1) is 36.0 Å². The van der Waals surface area contributed by atoms with Crippen LogP contribution in [-0.2, 0) is 9.59 Å². The molecule has 0 saturated carbocycles. The van der Waals surface area contributed by atoms with Crippen molar-refractivity contribution < 1.29 is 28.6 Å². The third-order valence-corrected chi connectivity index (χ3v) is 5.22. The SMILES string of the molecule is COc1ccc(C(=O)Oc2ccc(/C=N\NC(=O)C(=O)Nc3ccc(Cl)c(Cl)c3)cc2OC)cc1. The highest BCUT2D eigenvalue weighted by atomic mass is 35.5. The zero-order valence-electron chi connectivity index (χ0n) is 18.5. The molecular formula is C24H19Cl2N3O6. The standard InChI is InChI=1S/C24H19Cl2N3O6/c1-33-17-7-4-15(5-8-17)24(32)35-20-10-3-14(11-21(20)34-2)13-27-29-23(31)22(30)28-16-6-9-18(25)19(26)12-16/h3-13H,1-2H3,(H,28,30)(H,29,31)/b27-13-. The van der Waals surface area contributed by atoms with Crippen LogP contribution in [0.4, 0.5) is 5.69 Å². The third kappa shape index (κ3) is 6.95. The molecule has 0 spiro atoms. The molecule has 0 aromatic heterocycles. The van der Waals surface area contributed by atoms with Gasteiger partial charge in [-0.3, -0.25) is 9.59 Å². The Labute approximate surface area is 210 Å². The van der Waals surface area contributed by atoms with Crippen LogP contribution < -0.4 is 25.0 Å². The fourth-order valence-corrected chi connectivity index (χ4v) is 3.01. The Kier molecular flexibility index (Phi) is 8.66. The van der Waals surface area contributed by atoms with Crippen molar-refractivity contribution >= 4 is 52.9 Å². The highest BCUT2D eigenvalue weighted by Gasteiger charge is 2.15. The van der Waals surface area contributed by atoms with Gasteiger partial charge in [-0.15, -0.1) is 0 Å². The predicted octanol–water partition coefficient (Wildman–Crippen LogP) is 4.32. The number of hydrazone groups is 1. The molecule has 0 radical (unpaired) electrons. The summed E-state index contributed by atoms with van der Waals surface area (Å²) in [7, 11) is 2.94. The molecule has 9 nitrogen and oxygen atoms in total. The summed E-state index contributed by atoms with van der Waals surface area (Å²) in [5.74, 6) is -1.45. The number of halogens is 2. The number of methoxy groups -OCH3 is 2. The van der Waals surface area contributed by atoms with E-state index in [0.717, 1.165) is 0 Å². The summed E-state index contributed by atoms with van der Waals surface area (Å²) in [6.07, 6.45) is 1.29. The Morgan fingerprint density at radius 2 is 1.57 bits per heavy atom. The van der Waals surface area contributed by atoms with Gasteiger partial charge >= 0.3 is 17.8 Å². The van der Waals surface area contributed by atoms with Crippen molar-refractivity contribution in [3.8, 4) is 17.2 Å². The van der Waals surface area contributed by atoms with E-state index >= 15 is 0 Å². The Bertz CT molecular complexity index is 1280. The molecule has 0 unspecified atom stereocenters. The quantitative estimate of drug-likeness (QED) is 0.159. The third-order valence-electron chi connectivity index (χ3n) is 4.48. The van der Waals surface area contributed by atoms with E-state index in [9.17, 15) is 14.4 Å². The molecule has 3 aromatic carbocycles. The number of esters is 1. The summed E-state index contributed by atoms with van der Waals surface area (Å²) in [5, 5.41) is 6.68. The zero-order chi connectivity index (χ0) is 25.4. The molecule has 0 fully saturated rings. The van der Waals surface area contributed by atoms with Crippen molar-refractivity contribution in [1.82, 2.24) is 5.43 Å². The number of carbonyl (C=O) groups excluding carboxylic acids is 3. The van der Waals surface area contributed by atoms with Crippen LogP contribution >= 0.6 is 23.2 Å². The van der Waals surface area contributed by atoms with Gasteiger partial charge in [0.2, 0.25) is 0 Å². The molecule has 3 aromatic rings. The van der Waals surface area contributed by atoms with Crippen molar-refractivity contribution in [3.05, 3.63) is 81.8 Å². The van der Waals surface area contributed by atoms with Gasteiger partial charge in [-0.05, 0) is 66.2 Å². The van der Waals surface area contributed by atoms with Gasteiger partial charge in [-0.1, -0.05) is 23.2 Å². The van der Waals surface area contributed by atoms with Crippen LogP contribution in [0.3, 0.4) is 0 Å². The summed E-state index contributed by atoms with van der Waals surface area (Å²) in [5.41, 5.74) is 3.26. The van der Waals surface area contributed by atoms with E-state index in [1.165, 1.54) is 44.7 Å². The number of carbonyl (C=O) groups is 3. The van der Waals surface area contributed by atoms with Gasteiger partial charge in [0.1, 0.15) is 5.75 Å². The number of nitrogens with one attached hydrogen (secondary N) is 2. The maximum atomic E-state index is 12.4. The van der Waals surface area contributed by atoms with Crippen LogP contribution in [0, 0.1) is 0 Å². The second-order valence-electron chi connectivity index (χ2n) is 6.81. The topological polar surface area (TPSA) is 115 Å². The molecule has 0 aliphatic heterocycles. The number of rotatable bonds is 7. The van der Waals surface area contributed by atoms with Crippen molar-refractivity contribution in [1.29, 1.82) is 0 Å². The largest absolute Gasteiger partial charge is 0.497 e. The van der Waals surface area contributed by atoms with Crippen molar-refractivity contribution in [2.45, 2.75) is 0 Å². The van der Waals surface area contributed by atoms with Gasteiger partial charge in [-0.2, -0.15) is 5.10 Å². The molecule has 2 amide bonds. The van der Waals surface area contributed by atoms with E-state index in [-0.39, 0.29) is 16.5 Å². The van der Waals surface area contributed by atoms with E-state index in [2.05, 4.69) is 15.8 Å². The van der Waals surface area contributed by atoms with E-state index in [1.54, 1.807) is 36.4 Å². The maximum absolute atomic E-state index is 12.4. The van der Waals surface area contributed by atoms with E-state index in [4.69, 9.17) is 37.4 Å². The van der Waals surface area contributed by atoms with Gasteiger partial charge in [-0.25, -0.2) is 10.2 Å². The lowest BCUT2D eigenvalue weighted by Gasteiger charge is -2.10. The van der Waals surface area contributed by atoms with Crippen LogP contribution in [0.2, 0.25) is 10.0 Å². The second-order valence-corrected chi connectivity index (χ2v) is 7.62. The minimum Gasteiger partial charge on any atom is -0.497 e. The molecular weight excluding hydrogens is 497 g/mol. The van der Waals surface area contributed by atoms with Crippen molar-refractivity contribution in [2.75, 3.05) is 19.5 Å². The molecule has 35 heavy (non-hydrogen) atoms. The Morgan fingerprint density at radius 1 is 0.829 bits per heavy atom. The highest BCUT2D eigenvalue weighted by molar-refractivity contribution is 6.43. The van der Waals surface area contributed by atoms with Crippen LogP contribution in [-0.4, -0.2) is 38.2 Å². The first-order valence-corrected chi connectivity index (χ1v) is 10.7. The van der Waals surface area contributed by atoms with E-state index in [0.29, 0.717) is 27.6 Å². The van der Waals surface area contributed by atoms with Crippen molar-refractivity contribution in [2.24, 2.45) is 5.10 Å². The predicted molar refractivity (Wildman–Crippen MR) is 132 cm³/mol. The molecule has 2 N–H and O–H groups in total. The Morgan fingerprint density at radius 3 is 2.23 bits per heavy atom. The van der Waals surface area contributed by atoms with Gasteiger partial charge < -0.3 is 19.5 Å². The molecule has 3 rings (SSSR count).